The molecule has 0 aliphatic heterocycles. The van der Waals surface area contributed by atoms with Gasteiger partial charge in [0.25, 0.3) is 0 Å². The Bertz CT molecular complexity index is 245. The van der Waals surface area contributed by atoms with E-state index in [2.05, 4.69) is 10.1 Å². The van der Waals surface area contributed by atoms with Crippen LogP contribution in [0.1, 0.15) is 11.3 Å². The molecular formula is C7H8N2O. The molecule has 0 saturated carbocycles. The number of pyridine rings is 1. The van der Waals surface area contributed by atoms with Gasteiger partial charge >= 0.3 is 0 Å². The average Bonchev–Trinajstić information content (AvgIpc) is 1.88. The molecule has 0 aliphatic rings. The third-order valence-electron chi connectivity index (χ3n) is 1.13. The Kier molecular flexibility index (Phi) is 1.99. The first-order valence-corrected chi connectivity index (χ1v) is 2.93. The van der Waals surface area contributed by atoms with Gasteiger partial charge in [-0.05, 0) is 24.6 Å². The van der Waals surface area contributed by atoms with Crippen molar-refractivity contribution in [1.82, 2.24) is 4.98 Å². The summed E-state index contributed by atoms with van der Waals surface area (Å²) >= 11 is 0. The minimum Gasteiger partial charge on any atom is -0.411 e. The van der Waals surface area contributed by atoms with Gasteiger partial charge in [-0.15, -0.1) is 0 Å². The topological polar surface area (TPSA) is 45.5 Å². The Balaban J connectivity index is 2.95. The molecule has 1 rings (SSSR count). The smallest absolute Gasteiger partial charge is 0.0735 e. The summed E-state index contributed by atoms with van der Waals surface area (Å²) in [5.41, 5.74) is 1.77. The lowest BCUT2D eigenvalue weighted by atomic mass is 10.2. The molecule has 0 fully saturated rings. The lowest BCUT2D eigenvalue weighted by molar-refractivity contribution is 0.322. The Labute approximate surface area is 59.0 Å². The molecule has 0 aromatic carbocycles. The summed E-state index contributed by atoms with van der Waals surface area (Å²) in [5.74, 6) is 0. The largest absolute Gasteiger partial charge is 0.411 e. The van der Waals surface area contributed by atoms with E-state index < -0.39 is 0 Å². The summed E-state index contributed by atoms with van der Waals surface area (Å²) in [6, 6.07) is 3.60. The first-order chi connectivity index (χ1) is 4.83. The predicted octanol–water partition coefficient (Wildman–Crippen LogP) is 1.20. The third kappa shape index (κ3) is 1.55. The van der Waals surface area contributed by atoms with Crippen molar-refractivity contribution in [1.29, 1.82) is 0 Å². The van der Waals surface area contributed by atoms with Crippen molar-refractivity contribution in [3.63, 3.8) is 0 Å². The predicted molar refractivity (Wildman–Crippen MR) is 38.4 cm³/mol. The number of nitrogens with zero attached hydrogens (tertiary/aromatic N) is 2. The van der Waals surface area contributed by atoms with E-state index in [0.29, 0.717) is 0 Å². The van der Waals surface area contributed by atoms with Crippen LogP contribution in [0.2, 0.25) is 0 Å². The molecule has 0 unspecified atom stereocenters. The van der Waals surface area contributed by atoms with Crippen molar-refractivity contribution in [2.45, 2.75) is 6.92 Å². The molecule has 1 aromatic heterocycles. The molecule has 10 heavy (non-hydrogen) atoms. The van der Waals surface area contributed by atoms with E-state index in [1.54, 1.807) is 12.3 Å². The molecule has 0 bridgehead atoms. The number of oxime groups is 1. The Morgan fingerprint density at radius 1 is 1.70 bits per heavy atom. The summed E-state index contributed by atoms with van der Waals surface area (Å²) in [6.07, 6.45) is 3.04. The molecule has 3 heteroatoms. The zero-order chi connectivity index (χ0) is 7.40. The standard InChI is InChI=1S/C7H8N2O/c1-6-4-7(5-9-10)2-3-8-6/h2-5,10H,1H3/b9-5-. The van der Waals surface area contributed by atoms with Crippen molar-refractivity contribution in [2.75, 3.05) is 0 Å². The second-order valence-corrected chi connectivity index (χ2v) is 1.98. The highest BCUT2D eigenvalue weighted by Gasteiger charge is 1.87. The van der Waals surface area contributed by atoms with E-state index in [9.17, 15) is 0 Å². The van der Waals surface area contributed by atoms with Gasteiger partial charge in [0.05, 0.1) is 6.21 Å². The molecule has 0 atom stereocenters. The van der Waals surface area contributed by atoms with Crippen molar-refractivity contribution in [3.05, 3.63) is 29.6 Å². The van der Waals surface area contributed by atoms with Gasteiger partial charge in [0.15, 0.2) is 0 Å². The molecule has 52 valence electrons. The van der Waals surface area contributed by atoms with Crippen LogP contribution in [0.25, 0.3) is 0 Å². The van der Waals surface area contributed by atoms with Crippen molar-refractivity contribution in [3.8, 4) is 0 Å². The maximum absolute atomic E-state index is 8.16. The fraction of sp³-hybridized carbons (Fsp3) is 0.143. The first-order valence-electron chi connectivity index (χ1n) is 2.93. The minimum atomic E-state index is 0.856. The normalized spacial score (nSPS) is 10.5. The fourth-order valence-corrected chi connectivity index (χ4v) is 0.714. The van der Waals surface area contributed by atoms with Gasteiger partial charge in [-0.25, -0.2) is 0 Å². The molecule has 0 saturated heterocycles. The maximum Gasteiger partial charge on any atom is 0.0735 e. The van der Waals surface area contributed by atoms with Crippen LogP contribution in [-0.2, 0) is 0 Å². The molecule has 0 amide bonds. The molecule has 1 heterocycles. The second kappa shape index (κ2) is 2.96. The van der Waals surface area contributed by atoms with Crippen molar-refractivity contribution < 1.29 is 5.21 Å². The summed E-state index contributed by atoms with van der Waals surface area (Å²) in [4.78, 5) is 3.98. The Morgan fingerprint density at radius 3 is 3.10 bits per heavy atom. The second-order valence-electron chi connectivity index (χ2n) is 1.98. The summed E-state index contributed by atoms with van der Waals surface area (Å²) in [5, 5.41) is 11.1. The van der Waals surface area contributed by atoms with Crippen LogP contribution < -0.4 is 0 Å². The number of rotatable bonds is 1. The highest BCUT2D eigenvalue weighted by Crippen LogP contribution is 1.96. The van der Waals surface area contributed by atoms with E-state index in [1.807, 2.05) is 13.0 Å². The fourth-order valence-electron chi connectivity index (χ4n) is 0.714. The molecule has 1 N–H and O–H groups in total. The van der Waals surface area contributed by atoms with Crippen LogP contribution in [0, 0.1) is 6.92 Å². The summed E-state index contributed by atoms with van der Waals surface area (Å²) in [7, 11) is 0. The maximum atomic E-state index is 8.16. The summed E-state index contributed by atoms with van der Waals surface area (Å²) in [6.45, 7) is 1.88. The van der Waals surface area contributed by atoms with Crippen LogP contribution in [-0.4, -0.2) is 16.4 Å². The van der Waals surface area contributed by atoms with E-state index in [4.69, 9.17) is 5.21 Å². The van der Waals surface area contributed by atoms with Gasteiger partial charge in [-0.1, -0.05) is 5.16 Å². The van der Waals surface area contributed by atoms with Crippen LogP contribution in [0.3, 0.4) is 0 Å². The first kappa shape index (κ1) is 6.74. The molecule has 3 nitrogen and oxygen atoms in total. The van der Waals surface area contributed by atoms with E-state index >= 15 is 0 Å². The van der Waals surface area contributed by atoms with Gasteiger partial charge in [0, 0.05) is 11.9 Å². The van der Waals surface area contributed by atoms with Crippen LogP contribution in [0.5, 0.6) is 0 Å². The molecule has 0 radical (unpaired) electrons. The number of aromatic nitrogens is 1. The lowest BCUT2D eigenvalue weighted by Crippen LogP contribution is -1.84. The monoisotopic (exact) mass is 136 g/mol. The molecule has 0 aliphatic carbocycles. The zero-order valence-corrected chi connectivity index (χ0v) is 5.65. The number of hydrogen-bond acceptors (Lipinski definition) is 3. The van der Waals surface area contributed by atoms with Crippen LogP contribution >= 0.6 is 0 Å². The number of hydrogen-bond donors (Lipinski definition) is 1. The van der Waals surface area contributed by atoms with Gasteiger partial charge in [0.2, 0.25) is 0 Å². The molecule has 0 spiro atoms. The quantitative estimate of drug-likeness (QED) is 0.358. The highest BCUT2D eigenvalue weighted by molar-refractivity contribution is 5.78. The van der Waals surface area contributed by atoms with Crippen molar-refractivity contribution >= 4 is 6.21 Å². The highest BCUT2D eigenvalue weighted by atomic mass is 16.4. The van der Waals surface area contributed by atoms with Gasteiger partial charge in [-0.3, -0.25) is 4.98 Å². The number of aryl methyl sites for hydroxylation is 1. The third-order valence-corrected chi connectivity index (χ3v) is 1.13. The van der Waals surface area contributed by atoms with Gasteiger partial charge in [-0.2, -0.15) is 0 Å². The summed E-state index contributed by atoms with van der Waals surface area (Å²) < 4.78 is 0. The SMILES string of the molecule is Cc1cc(/C=N\O)ccn1. The zero-order valence-electron chi connectivity index (χ0n) is 5.65. The molecule has 1 aromatic rings. The Hall–Kier alpha value is -1.38. The molecular weight excluding hydrogens is 128 g/mol. The average molecular weight is 136 g/mol. The minimum absolute atomic E-state index is 0.856. The van der Waals surface area contributed by atoms with Gasteiger partial charge < -0.3 is 5.21 Å². The van der Waals surface area contributed by atoms with Crippen LogP contribution in [0.15, 0.2) is 23.5 Å². The van der Waals surface area contributed by atoms with Crippen LogP contribution in [0.4, 0.5) is 0 Å². The van der Waals surface area contributed by atoms with E-state index in [0.717, 1.165) is 11.3 Å². The lowest BCUT2D eigenvalue weighted by Gasteiger charge is -1.91. The van der Waals surface area contributed by atoms with Crippen molar-refractivity contribution in [2.24, 2.45) is 5.16 Å². The van der Waals surface area contributed by atoms with E-state index in [-0.39, 0.29) is 0 Å². The van der Waals surface area contributed by atoms with E-state index in [1.165, 1.54) is 6.21 Å². The van der Waals surface area contributed by atoms with Gasteiger partial charge in [0.1, 0.15) is 0 Å². The Morgan fingerprint density at radius 2 is 2.50 bits per heavy atom.